The Morgan fingerprint density at radius 2 is 2.00 bits per heavy atom. The van der Waals surface area contributed by atoms with Crippen LogP contribution in [0.2, 0.25) is 0 Å². The van der Waals surface area contributed by atoms with E-state index >= 15 is 0 Å². The lowest BCUT2D eigenvalue weighted by molar-refractivity contribution is 0.641. The van der Waals surface area contributed by atoms with Gasteiger partial charge in [-0.2, -0.15) is 0 Å². The Morgan fingerprint density at radius 3 is 2.82 bits per heavy atom. The quantitative estimate of drug-likeness (QED) is 0.755. The highest BCUT2D eigenvalue weighted by atomic mass is 14.9. The number of hydrogen-bond donors (Lipinski definition) is 1. The fraction of sp³-hybridized carbons (Fsp3) is 0.467. The first-order valence-electron chi connectivity index (χ1n) is 6.56. The van der Waals surface area contributed by atoms with E-state index in [2.05, 4.69) is 54.3 Å². The average molecular weight is 230 g/mol. The lowest BCUT2D eigenvalue weighted by atomic mass is 10.1. The number of unbranched alkanes of at least 4 members (excludes halogenated alkanes) is 1. The Bertz CT molecular complexity index is 471. The summed E-state index contributed by atoms with van der Waals surface area (Å²) < 4.78 is 2.23. The zero-order valence-electron chi connectivity index (χ0n) is 10.9. The zero-order valence-corrected chi connectivity index (χ0v) is 10.9. The minimum absolute atomic E-state index is 1.08. The zero-order chi connectivity index (χ0) is 12.1. The number of aromatic nitrogens is 1. The molecular formula is C15H22N2. The number of fused-ring (bicyclic) bond motifs is 1. The number of aryl methyl sites for hydroxylation is 2. The number of para-hydroxylation sites is 1. The van der Waals surface area contributed by atoms with Crippen molar-refractivity contribution in [3.63, 3.8) is 0 Å². The maximum Gasteiger partial charge on any atom is 0.0480 e. The van der Waals surface area contributed by atoms with Crippen LogP contribution in [0.1, 0.15) is 25.3 Å². The smallest absolute Gasteiger partial charge is 0.0480 e. The van der Waals surface area contributed by atoms with Crippen LogP contribution in [0.5, 0.6) is 0 Å². The van der Waals surface area contributed by atoms with Crippen LogP contribution < -0.4 is 5.32 Å². The highest BCUT2D eigenvalue weighted by Gasteiger charge is 2.04. The largest absolute Gasteiger partial charge is 0.350 e. The van der Waals surface area contributed by atoms with Gasteiger partial charge in [0.05, 0.1) is 0 Å². The third-order valence-corrected chi connectivity index (χ3v) is 3.28. The molecular weight excluding hydrogens is 208 g/mol. The summed E-state index contributed by atoms with van der Waals surface area (Å²) in [5.74, 6) is 0. The standard InChI is InChI=1S/C15H22N2/c1-3-16-11-7-6-8-13-12-17(2)15-10-5-4-9-14(13)15/h4-5,9-10,12,16H,3,6-8,11H2,1-2H3. The molecule has 0 fully saturated rings. The molecule has 0 unspecified atom stereocenters. The molecule has 0 aliphatic heterocycles. The molecule has 17 heavy (non-hydrogen) atoms. The van der Waals surface area contributed by atoms with E-state index in [1.807, 2.05) is 0 Å². The van der Waals surface area contributed by atoms with E-state index in [4.69, 9.17) is 0 Å². The fourth-order valence-electron chi connectivity index (χ4n) is 2.37. The van der Waals surface area contributed by atoms with E-state index in [0.29, 0.717) is 0 Å². The SMILES string of the molecule is CCNCCCCc1cn(C)c2ccccc12. The van der Waals surface area contributed by atoms with Gasteiger partial charge in [-0.15, -0.1) is 0 Å². The van der Waals surface area contributed by atoms with Gasteiger partial charge in [-0.3, -0.25) is 0 Å². The van der Waals surface area contributed by atoms with Crippen molar-refractivity contribution in [2.45, 2.75) is 26.2 Å². The summed E-state index contributed by atoms with van der Waals surface area (Å²) in [6, 6.07) is 8.66. The van der Waals surface area contributed by atoms with Crippen molar-refractivity contribution < 1.29 is 0 Å². The van der Waals surface area contributed by atoms with Gasteiger partial charge in [0.1, 0.15) is 0 Å². The summed E-state index contributed by atoms with van der Waals surface area (Å²) in [4.78, 5) is 0. The van der Waals surface area contributed by atoms with Crippen LogP contribution in [0, 0.1) is 0 Å². The molecule has 1 aromatic heterocycles. The van der Waals surface area contributed by atoms with Crippen molar-refractivity contribution in [2.75, 3.05) is 13.1 Å². The first kappa shape index (κ1) is 12.2. The number of rotatable bonds is 6. The normalized spacial score (nSPS) is 11.2. The molecule has 0 atom stereocenters. The van der Waals surface area contributed by atoms with E-state index < -0.39 is 0 Å². The van der Waals surface area contributed by atoms with Gasteiger partial charge in [0, 0.05) is 24.1 Å². The van der Waals surface area contributed by atoms with Crippen LogP contribution in [0.25, 0.3) is 10.9 Å². The number of hydrogen-bond acceptors (Lipinski definition) is 1. The Balaban J connectivity index is 1.99. The molecule has 92 valence electrons. The van der Waals surface area contributed by atoms with E-state index in [9.17, 15) is 0 Å². The summed E-state index contributed by atoms with van der Waals surface area (Å²) in [6.07, 6.45) is 5.99. The molecule has 0 aliphatic carbocycles. The maximum atomic E-state index is 3.37. The molecule has 0 spiro atoms. The van der Waals surface area contributed by atoms with Crippen LogP contribution >= 0.6 is 0 Å². The van der Waals surface area contributed by atoms with Crippen LogP contribution in [0.3, 0.4) is 0 Å². The molecule has 1 heterocycles. The van der Waals surface area contributed by atoms with E-state index in [1.54, 1.807) is 0 Å². The van der Waals surface area contributed by atoms with Crippen molar-refractivity contribution in [2.24, 2.45) is 7.05 Å². The molecule has 0 bridgehead atoms. The van der Waals surface area contributed by atoms with Gasteiger partial charge >= 0.3 is 0 Å². The van der Waals surface area contributed by atoms with Crippen LogP contribution in [-0.2, 0) is 13.5 Å². The first-order valence-corrected chi connectivity index (χ1v) is 6.56. The van der Waals surface area contributed by atoms with Crippen LogP contribution in [0.4, 0.5) is 0 Å². The molecule has 2 nitrogen and oxygen atoms in total. The molecule has 0 saturated heterocycles. The van der Waals surface area contributed by atoms with Gasteiger partial charge in [-0.1, -0.05) is 25.1 Å². The van der Waals surface area contributed by atoms with Crippen molar-refractivity contribution in [1.29, 1.82) is 0 Å². The summed E-state index contributed by atoms with van der Waals surface area (Å²) in [6.45, 7) is 4.38. The number of nitrogens with one attached hydrogen (secondary N) is 1. The summed E-state index contributed by atoms with van der Waals surface area (Å²) in [5.41, 5.74) is 2.83. The molecule has 0 radical (unpaired) electrons. The second kappa shape index (κ2) is 5.87. The fourth-order valence-corrected chi connectivity index (χ4v) is 2.37. The lowest BCUT2D eigenvalue weighted by Gasteiger charge is -2.01. The minimum Gasteiger partial charge on any atom is -0.350 e. The van der Waals surface area contributed by atoms with Crippen molar-refractivity contribution in [1.82, 2.24) is 9.88 Å². The molecule has 2 aromatic rings. The molecule has 1 aromatic carbocycles. The van der Waals surface area contributed by atoms with Gasteiger partial charge in [-0.05, 0) is 44.0 Å². The second-order valence-electron chi connectivity index (χ2n) is 4.59. The topological polar surface area (TPSA) is 17.0 Å². The minimum atomic E-state index is 1.08. The average Bonchev–Trinajstić information content (AvgIpc) is 2.67. The van der Waals surface area contributed by atoms with Gasteiger partial charge in [0.15, 0.2) is 0 Å². The predicted molar refractivity (Wildman–Crippen MR) is 74.4 cm³/mol. The van der Waals surface area contributed by atoms with E-state index in [1.165, 1.54) is 35.7 Å². The highest BCUT2D eigenvalue weighted by molar-refractivity contribution is 5.83. The van der Waals surface area contributed by atoms with Crippen LogP contribution in [-0.4, -0.2) is 17.7 Å². The lowest BCUT2D eigenvalue weighted by Crippen LogP contribution is -2.13. The Hall–Kier alpha value is -1.28. The van der Waals surface area contributed by atoms with Crippen molar-refractivity contribution in [3.05, 3.63) is 36.0 Å². The molecule has 2 heteroatoms. The molecule has 2 rings (SSSR count). The maximum absolute atomic E-state index is 3.37. The monoisotopic (exact) mass is 230 g/mol. The van der Waals surface area contributed by atoms with Gasteiger partial charge in [0.2, 0.25) is 0 Å². The third-order valence-electron chi connectivity index (χ3n) is 3.28. The third kappa shape index (κ3) is 2.89. The van der Waals surface area contributed by atoms with E-state index in [0.717, 1.165) is 13.1 Å². The molecule has 0 aliphatic rings. The number of benzene rings is 1. The molecule has 0 saturated carbocycles. The first-order chi connectivity index (χ1) is 8.33. The van der Waals surface area contributed by atoms with Crippen LogP contribution in [0.15, 0.2) is 30.5 Å². The van der Waals surface area contributed by atoms with Crippen molar-refractivity contribution >= 4 is 10.9 Å². The second-order valence-corrected chi connectivity index (χ2v) is 4.59. The Kier molecular flexibility index (Phi) is 4.21. The Labute approximate surface area is 104 Å². The van der Waals surface area contributed by atoms with Gasteiger partial charge < -0.3 is 9.88 Å². The van der Waals surface area contributed by atoms with Gasteiger partial charge in [-0.25, -0.2) is 0 Å². The molecule has 0 amide bonds. The van der Waals surface area contributed by atoms with E-state index in [-0.39, 0.29) is 0 Å². The number of nitrogens with zero attached hydrogens (tertiary/aromatic N) is 1. The summed E-state index contributed by atoms with van der Waals surface area (Å²) >= 11 is 0. The Morgan fingerprint density at radius 1 is 1.18 bits per heavy atom. The predicted octanol–water partition coefficient (Wildman–Crippen LogP) is 3.11. The highest BCUT2D eigenvalue weighted by Crippen LogP contribution is 2.21. The summed E-state index contributed by atoms with van der Waals surface area (Å²) in [7, 11) is 2.13. The van der Waals surface area contributed by atoms with Gasteiger partial charge in [0.25, 0.3) is 0 Å². The van der Waals surface area contributed by atoms with Crippen molar-refractivity contribution in [3.8, 4) is 0 Å². The molecule has 1 N–H and O–H groups in total. The summed E-state index contributed by atoms with van der Waals surface area (Å²) in [5, 5.41) is 4.79.